The SMILES string of the molecule is CCC(=O)OC(C(=O)O)n1c(=O)ccc2ccc(OCCCCN3CCN(c4cccc(Cl)c4Cl)CC3)cc21. The molecule has 2 heterocycles. The molecule has 3 aromatic rings. The van der Waals surface area contributed by atoms with Crippen LogP contribution >= 0.6 is 23.2 Å². The van der Waals surface area contributed by atoms with Crippen molar-refractivity contribution in [2.24, 2.45) is 0 Å². The zero-order chi connectivity index (χ0) is 27.9. The number of halogens is 2. The first-order chi connectivity index (χ1) is 18.8. The van der Waals surface area contributed by atoms with Gasteiger partial charge in [-0.25, -0.2) is 4.79 Å². The molecule has 0 spiro atoms. The molecule has 4 rings (SSSR count). The predicted octanol–water partition coefficient (Wildman–Crippen LogP) is 4.83. The van der Waals surface area contributed by atoms with Crippen LogP contribution in [0.15, 0.2) is 53.3 Å². The van der Waals surface area contributed by atoms with E-state index in [1.54, 1.807) is 37.3 Å². The Labute approximate surface area is 236 Å². The second kappa shape index (κ2) is 13.2. The van der Waals surface area contributed by atoms with Gasteiger partial charge in [0.05, 0.1) is 27.9 Å². The lowest BCUT2D eigenvalue weighted by atomic mass is 10.2. The number of unbranched alkanes of at least 4 members (excludes halogenated alkanes) is 1. The quantitative estimate of drug-likeness (QED) is 0.256. The number of aliphatic carboxylic acids is 1. The first kappa shape index (κ1) is 28.7. The Morgan fingerprint density at radius 3 is 2.49 bits per heavy atom. The summed E-state index contributed by atoms with van der Waals surface area (Å²) in [6.07, 6.45) is -0.000982. The van der Waals surface area contributed by atoms with Crippen molar-refractivity contribution in [3.05, 3.63) is 68.9 Å². The maximum atomic E-state index is 12.6. The fraction of sp³-hybridized carbons (Fsp3) is 0.393. The molecule has 1 N–H and O–H groups in total. The molecule has 0 radical (unpaired) electrons. The standard InChI is InChI=1S/C28H31Cl2N3O6/c1-2-25(35)39-27(28(36)37)33-23-18-20(10-8-19(23)9-11-24(33)34)38-17-4-3-12-31-13-15-32(16-14-31)22-7-5-6-21(29)26(22)30/h5-11,18,27H,2-4,12-17H2,1H3,(H,36,37). The summed E-state index contributed by atoms with van der Waals surface area (Å²) in [5, 5.41) is 11.4. The molecule has 2 aromatic carbocycles. The molecule has 1 saturated heterocycles. The number of pyridine rings is 1. The average molecular weight is 576 g/mol. The zero-order valence-corrected chi connectivity index (χ0v) is 23.2. The maximum Gasteiger partial charge on any atom is 0.367 e. The van der Waals surface area contributed by atoms with Crippen molar-refractivity contribution in [3.8, 4) is 5.75 Å². The Balaban J connectivity index is 1.31. The highest BCUT2D eigenvalue weighted by Gasteiger charge is 2.26. The monoisotopic (exact) mass is 575 g/mol. The molecular weight excluding hydrogens is 545 g/mol. The summed E-state index contributed by atoms with van der Waals surface area (Å²) in [4.78, 5) is 40.9. The lowest BCUT2D eigenvalue weighted by molar-refractivity contribution is -0.170. The number of aromatic nitrogens is 1. The Hall–Kier alpha value is -3.27. The van der Waals surface area contributed by atoms with Gasteiger partial charge in [0, 0.05) is 44.7 Å². The number of hydrogen-bond donors (Lipinski definition) is 1. The van der Waals surface area contributed by atoms with Gasteiger partial charge < -0.3 is 19.5 Å². The first-order valence-corrected chi connectivity index (χ1v) is 13.7. The molecule has 1 aliphatic rings. The van der Waals surface area contributed by atoms with Crippen LogP contribution < -0.4 is 15.2 Å². The molecule has 0 amide bonds. The Morgan fingerprint density at radius 1 is 1.03 bits per heavy atom. The highest BCUT2D eigenvalue weighted by Crippen LogP contribution is 2.33. The second-order valence-electron chi connectivity index (χ2n) is 9.25. The number of nitrogens with zero attached hydrogens (tertiary/aromatic N) is 3. The lowest BCUT2D eigenvalue weighted by Gasteiger charge is -2.36. The third-order valence-electron chi connectivity index (χ3n) is 6.66. The molecule has 1 fully saturated rings. The molecule has 1 atom stereocenters. The third-order valence-corrected chi connectivity index (χ3v) is 7.47. The number of anilines is 1. The van der Waals surface area contributed by atoms with E-state index in [2.05, 4.69) is 9.80 Å². The molecule has 9 nitrogen and oxygen atoms in total. The normalized spacial score (nSPS) is 14.8. The number of piperazine rings is 1. The fourth-order valence-electron chi connectivity index (χ4n) is 4.56. The summed E-state index contributed by atoms with van der Waals surface area (Å²) < 4.78 is 11.9. The number of rotatable bonds is 11. The predicted molar refractivity (Wildman–Crippen MR) is 151 cm³/mol. The van der Waals surface area contributed by atoms with Crippen LogP contribution in [0.3, 0.4) is 0 Å². The van der Waals surface area contributed by atoms with Crippen molar-refractivity contribution in [1.29, 1.82) is 0 Å². The zero-order valence-electron chi connectivity index (χ0n) is 21.6. The number of carboxylic acids is 1. The van der Waals surface area contributed by atoms with Gasteiger partial charge in [0.25, 0.3) is 11.8 Å². The van der Waals surface area contributed by atoms with Gasteiger partial charge in [0.1, 0.15) is 5.75 Å². The molecule has 0 bridgehead atoms. The van der Waals surface area contributed by atoms with E-state index in [9.17, 15) is 19.5 Å². The molecule has 39 heavy (non-hydrogen) atoms. The van der Waals surface area contributed by atoms with E-state index >= 15 is 0 Å². The van der Waals surface area contributed by atoms with Gasteiger partial charge >= 0.3 is 11.9 Å². The van der Waals surface area contributed by atoms with Gasteiger partial charge in [0.2, 0.25) is 0 Å². The van der Waals surface area contributed by atoms with Crippen molar-refractivity contribution >= 4 is 51.7 Å². The number of carbonyl (C=O) groups is 2. The van der Waals surface area contributed by atoms with Crippen LogP contribution in [-0.4, -0.2) is 65.8 Å². The highest BCUT2D eigenvalue weighted by molar-refractivity contribution is 6.43. The van der Waals surface area contributed by atoms with Crippen molar-refractivity contribution in [2.45, 2.75) is 32.4 Å². The van der Waals surface area contributed by atoms with Crippen molar-refractivity contribution in [1.82, 2.24) is 9.47 Å². The minimum Gasteiger partial charge on any atom is -0.494 e. The molecule has 11 heteroatoms. The summed E-state index contributed by atoms with van der Waals surface area (Å²) in [5.74, 6) is -1.65. The minimum absolute atomic E-state index is 0.0103. The third kappa shape index (κ3) is 7.03. The lowest BCUT2D eigenvalue weighted by Crippen LogP contribution is -2.46. The van der Waals surface area contributed by atoms with Gasteiger partial charge in [-0.15, -0.1) is 0 Å². The molecular formula is C28H31Cl2N3O6. The number of carboxylic acid groups (broad SMARTS) is 1. The van der Waals surface area contributed by atoms with Crippen LogP contribution in [-0.2, 0) is 14.3 Å². The van der Waals surface area contributed by atoms with Crippen LogP contribution in [0.1, 0.15) is 32.4 Å². The number of hydrogen-bond acceptors (Lipinski definition) is 7. The van der Waals surface area contributed by atoms with Crippen molar-refractivity contribution in [3.63, 3.8) is 0 Å². The van der Waals surface area contributed by atoms with Crippen molar-refractivity contribution in [2.75, 3.05) is 44.2 Å². The topological polar surface area (TPSA) is 101 Å². The van der Waals surface area contributed by atoms with Crippen LogP contribution in [0.4, 0.5) is 5.69 Å². The van der Waals surface area contributed by atoms with Gasteiger partial charge in [-0.1, -0.05) is 36.2 Å². The van der Waals surface area contributed by atoms with E-state index < -0.39 is 23.7 Å². The van der Waals surface area contributed by atoms with Crippen LogP contribution in [0, 0.1) is 0 Å². The fourth-order valence-corrected chi connectivity index (χ4v) is 4.98. The van der Waals surface area contributed by atoms with Crippen LogP contribution in [0.2, 0.25) is 10.0 Å². The van der Waals surface area contributed by atoms with E-state index in [4.69, 9.17) is 32.7 Å². The molecule has 1 aromatic heterocycles. The Morgan fingerprint density at radius 2 is 1.77 bits per heavy atom. The van der Waals surface area contributed by atoms with Gasteiger partial charge in [0.15, 0.2) is 0 Å². The van der Waals surface area contributed by atoms with Crippen molar-refractivity contribution < 1.29 is 24.2 Å². The summed E-state index contributed by atoms with van der Waals surface area (Å²) >= 11 is 12.5. The molecule has 1 unspecified atom stereocenters. The van der Waals surface area contributed by atoms with E-state index in [-0.39, 0.29) is 6.42 Å². The Kier molecular flexibility index (Phi) is 9.72. The molecule has 0 aliphatic carbocycles. The average Bonchev–Trinajstić information content (AvgIpc) is 2.93. The van der Waals surface area contributed by atoms with Crippen LogP contribution in [0.5, 0.6) is 5.75 Å². The van der Waals surface area contributed by atoms with Gasteiger partial charge in [-0.2, -0.15) is 0 Å². The summed E-state index contributed by atoms with van der Waals surface area (Å²) in [6, 6.07) is 13.7. The van der Waals surface area contributed by atoms with E-state index in [1.165, 1.54) is 6.07 Å². The van der Waals surface area contributed by atoms with E-state index in [1.807, 2.05) is 12.1 Å². The van der Waals surface area contributed by atoms with Gasteiger partial charge in [-0.05, 0) is 55.1 Å². The largest absolute Gasteiger partial charge is 0.494 e. The first-order valence-electron chi connectivity index (χ1n) is 12.9. The second-order valence-corrected chi connectivity index (χ2v) is 10.0. The number of ether oxygens (including phenoxy) is 2. The van der Waals surface area contributed by atoms with Crippen LogP contribution in [0.25, 0.3) is 10.9 Å². The number of fused-ring (bicyclic) bond motifs is 1. The van der Waals surface area contributed by atoms with E-state index in [0.29, 0.717) is 33.3 Å². The maximum absolute atomic E-state index is 12.6. The summed E-state index contributed by atoms with van der Waals surface area (Å²) in [5.41, 5.74) is 0.693. The minimum atomic E-state index is -1.76. The van der Waals surface area contributed by atoms with Gasteiger partial charge in [-0.3, -0.25) is 19.1 Å². The number of carbonyl (C=O) groups excluding carboxylic acids is 1. The summed E-state index contributed by atoms with van der Waals surface area (Å²) in [6.45, 7) is 6.57. The smallest absolute Gasteiger partial charge is 0.367 e. The number of benzene rings is 2. The molecule has 208 valence electrons. The highest BCUT2D eigenvalue weighted by atomic mass is 35.5. The number of esters is 1. The Bertz CT molecular complexity index is 1390. The molecule has 0 saturated carbocycles. The molecule has 1 aliphatic heterocycles. The summed E-state index contributed by atoms with van der Waals surface area (Å²) in [7, 11) is 0. The van der Waals surface area contributed by atoms with E-state index in [0.717, 1.165) is 55.8 Å².